The molecule has 1 aliphatic carbocycles. The summed E-state index contributed by atoms with van der Waals surface area (Å²) in [4.78, 5) is 16.2. The van der Waals surface area contributed by atoms with Crippen LogP contribution in [0.15, 0.2) is 59.6 Å². The molecule has 0 amide bonds. The molecular weight excluding hydrogens is 214 g/mol. The van der Waals surface area contributed by atoms with Crippen LogP contribution in [-0.2, 0) is 9.53 Å². The van der Waals surface area contributed by atoms with Crippen LogP contribution < -0.4 is 0 Å². The van der Waals surface area contributed by atoms with Crippen molar-refractivity contribution in [2.75, 3.05) is 0 Å². The zero-order valence-corrected chi connectivity index (χ0v) is 9.04. The minimum atomic E-state index is -0.354. The SMILES string of the molecule is O=C1OC(c2ccccc2)=N[C]2C=CC=CC21. The highest BCUT2D eigenvalue weighted by Gasteiger charge is 2.34. The van der Waals surface area contributed by atoms with Gasteiger partial charge in [0.05, 0.1) is 0 Å². The van der Waals surface area contributed by atoms with Crippen molar-refractivity contribution in [3.8, 4) is 0 Å². The summed E-state index contributed by atoms with van der Waals surface area (Å²) in [5, 5.41) is 0. The van der Waals surface area contributed by atoms with E-state index in [9.17, 15) is 4.79 Å². The van der Waals surface area contributed by atoms with Crippen LogP contribution in [0.5, 0.6) is 0 Å². The fourth-order valence-corrected chi connectivity index (χ4v) is 1.84. The molecule has 3 nitrogen and oxygen atoms in total. The molecule has 2 aliphatic rings. The quantitative estimate of drug-likeness (QED) is 0.686. The lowest BCUT2D eigenvalue weighted by molar-refractivity contribution is -0.138. The van der Waals surface area contributed by atoms with Crippen molar-refractivity contribution in [2.24, 2.45) is 10.9 Å². The highest BCUT2D eigenvalue weighted by Crippen LogP contribution is 2.29. The van der Waals surface area contributed by atoms with Gasteiger partial charge in [-0.3, -0.25) is 4.79 Å². The fraction of sp³-hybridized carbons (Fsp3) is 0.0714. The van der Waals surface area contributed by atoms with Crippen LogP contribution in [-0.4, -0.2) is 11.9 Å². The number of benzene rings is 1. The molecule has 1 unspecified atom stereocenters. The summed E-state index contributed by atoms with van der Waals surface area (Å²) in [6, 6.07) is 10.2. The predicted octanol–water partition coefficient (Wildman–Crippen LogP) is 2.26. The first kappa shape index (κ1) is 10.0. The smallest absolute Gasteiger partial charge is 0.322 e. The number of hydrogen-bond acceptors (Lipinski definition) is 3. The van der Waals surface area contributed by atoms with Gasteiger partial charge in [0.1, 0.15) is 12.0 Å². The maximum atomic E-state index is 11.8. The van der Waals surface area contributed by atoms with Gasteiger partial charge in [0.25, 0.3) is 0 Å². The monoisotopic (exact) mass is 224 g/mol. The molecule has 1 heterocycles. The summed E-state index contributed by atoms with van der Waals surface area (Å²) in [5.41, 5.74) is 0.815. The van der Waals surface area contributed by atoms with Crippen LogP contribution >= 0.6 is 0 Å². The number of aliphatic imine (C=N–C) groups is 1. The Morgan fingerprint density at radius 2 is 1.94 bits per heavy atom. The third-order valence-electron chi connectivity index (χ3n) is 2.70. The molecule has 0 saturated carbocycles. The molecule has 3 heteroatoms. The van der Waals surface area contributed by atoms with Crippen LogP contribution in [0.25, 0.3) is 0 Å². The summed E-state index contributed by atoms with van der Waals surface area (Å²) in [5.74, 6) is -0.247. The predicted molar refractivity (Wildman–Crippen MR) is 64.1 cm³/mol. The molecule has 0 spiro atoms. The number of carbonyl (C=O) groups excluding carboxylic acids is 1. The summed E-state index contributed by atoms with van der Waals surface area (Å²) in [7, 11) is 0. The number of carbonyl (C=O) groups is 1. The van der Waals surface area contributed by atoms with Crippen molar-refractivity contribution in [3.63, 3.8) is 0 Å². The van der Waals surface area contributed by atoms with E-state index in [0.29, 0.717) is 5.90 Å². The molecule has 1 atom stereocenters. The van der Waals surface area contributed by atoms with E-state index in [1.165, 1.54) is 0 Å². The second-order valence-electron chi connectivity index (χ2n) is 3.85. The zero-order chi connectivity index (χ0) is 11.7. The molecule has 17 heavy (non-hydrogen) atoms. The molecule has 3 rings (SSSR count). The highest BCUT2D eigenvalue weighted by molar-refractivity contribution is 6.04. The van der Waals surface area contributed by atoms with E-state index in [4.69, 9.17) is 4.74 Å². The van der Waals surface area contributed by atoms with Gasteiger partial charge in [0.2, 0.25) is 5.90 Å². The molecule has 1 radical (unpaired) electrons. The van der Waals surface area contributed by atoms with Crippen molar-refractivity contribution in [1.29, 1.82) is 0 Å². The van der Waals surface area contributed by atoms with E-state index in [1.807, 2.05) is 48.6 Å². The van der Waals surface area contributed by atoms with Crippen molar-refractivity contribution in [1.82, 2.24) is 0 Å². The number of ether oxygens (including phenoxy) is 1. The Labute approximate surface area is 99.1 Å². The van der Waals surface area contributed by atoms with Gasteiger partial charge in [-0.05, 0) is 12.1 Å². The zero-order valence-electron chi connectivity index (χ0n) is 9.04. The third-order valence-corrected chi connectivity index (χ3v) is 2.70. The maximum Gasteiger partial charge on any atom is 0.322 e. The average Bonchev–Trinajstić information content (AvgIpc) is 2.40. The van der Waals surface area contributed by atoms with Crippen molar-refractivity contribution >= 4 is 11.9 Å². The van der Waals surface area contributed by atoms with Gasteiger partial charge in [-0.2, -0.15) is 0 Å². The molecular formula is C14H10NO2. The number of cyclic esters (lactones) is 1. The first-order valence-electron chi connectivity index (χ1n) is 5.42. The van der Waals surface area contributed by atoms with E-state index in [-0.39, 0.29) is 11.9 Å². The van der Waals surface area contributed by atoms with Crippen LogP contribution in [0.2, 0.25) is 0 Å². The topological polar surface area (TPSA) is 38.7 Å². The number of nitrogens with zero attached hydrogens (tertiary/aromatic N) is 1. The molecule has 0 saturated heterocycles. The first-order chi connectivity index (χ1) is 8.34. The largest absolute Gasteiger partial charge is 0.407 e. The van der Waals surface area contributed by atoms with Crippen molar-refractivity contribution < 1.29 is 9.53 Å². The van der Waals surface area contributed by atoms with Crippen LogP contribution in [0.4, 0.5) is 0 Å². The molecule has 0 bridgehead atoms. The Morgan fingerprint density at radius 3 is 2.76 bits per heavy atom. The number of allylic oxidation sites excluding steroid dienone is 2. The lowest BCUT2D eigenvalue weighted by atomic mass is 9.94. The molecule has 83 valence electrons. The Kier molecular flexibility index (Phi) is 2.37. The minimum absolute atomic E-state index is 0.269. The molecule has 1 aromatic rings. The van der Waals surface area contributed by atoms with Gasteiger partial charge in [-0.1, -0.05) is 42.5 Å². The lowest BCUT2D eigenvalue weighted by Crippen LogP contribution is -2.30. The Bertz CT molecular complexity index is 528. The van der Waals surface area contributed by atoms with Gasteiger partial charge < -0.3 is 4.74 Å². The Morgan fingerprint density at radius 1 is 1.12 bits per heavy atom. The second kappa shape index (κ2) is 4.01. The Hall–Kier alpha value is -2.16. The molecule has 0 N–H and O–H groups in total. The molecule has 0 fully saturated rings. The van der Waals surface area contributed by atoms with Gasteiger partial charge in [0, 0.05) is 5.56 Å². The molecule has 1 aromatic carbocycles. The average molecular weight is 224 g/mol. The lowest BCUT2D eigenvalue weighted by Gasteiger charge is -2.24. The summed E-state index contributed by atoms with van der Waals surface area (Å²) >= 11 is 0. The van der Waals surface area contributed by atoms with E-state index < -0.39 is 0 Å². The highest BCUT2D eigenvalue weighted by atomic mass is 16.5. The van der Waals surface area contributed by atoms with E-state index >= 15 is 0 Å². The number of fused-ring (bicyclic) bond motifs is 1. The number of rotatable bonds is 1. The van der Waals surface area contributed by atoms with Gasteiger partial charge in [0.15, 0.2) is 0 Å². The number of esters is 1. The Balaban J connectivity index is 1.98. The standard InChI is InChI=1S/C14H10NO2/c16-14-11-8-4-5-9-12(11)15-13(17-14)10-6-2-1-3-7-10/h1-9,11H. The van der Waals surface area contributed by atoms with Crippen molar-refractivity contribution in [2.45, 2.75) is 0 Å². The fourth-order valence-electron chi connectivity index (χ4n) is 1.84. The van der Waals surface area contributed by atoms with E-state index in [0.717, 1.165) is 11.6 Å². The maximum absolute atomic E-state index is 11.8. The normalized spacial score (nSPS) is 22.9. The van der Waals surface area contributed by atoms with Gasteiger partial charge >= 0.3 is 5.97 Å². The molecule has 1 aliphatic heterocycles. The first-order valence-corrected chi connectivity index (χ1v) is 5.42. The number of hydrogen-bond donors (Lipinski definition) is 0. The van der Waals surface area contributed by atoms with E-state index in [1.54, 1.807) is 6.08 Å². The minimum Gasteiger partial charge on any atom is -0.407 e. The van der Waals surface area contributed by atoms with Crippen LogP contribution in [0, 0.1) is 12.0 Å². The van der Waals surface area contributed by atoms with E-state index in [2.05, 4.69) is 4.99 Å². The third kappa shape index (κ3) is 1.80. The summed E-state index contributed by atoms with van der Waals surface area (Å²) < 4.78 is 5.25. The second-order valence-corrected chi connectivity index (χ2v) is 3.85. The molecule has 0 aromatic heterocycles. The van der Waals surface area contributed by atoms with Gasteiger partial charge in [-0.25, -0.2) is 4.99 Å². The summed E-state index contributed by atoms with van der Waals surface area (Å²) in [6.45, 7) is 0. The van der Waals surface area contributed by atoms with Crippen molar-refractivity contribution in [3.05, 3.63) is 66.2 Å². The van der Waals surface area contributed by atoms with Crippen LogP contribution in [0.3, 0.4) is 0 Å². The summed E-state index contributed by atoms with van der Waals surface area (Å²) in [6.07, 6.45) is 7.34. The van der Waals surface area contributed by atoms with Crippen LogP contribution in [0.1, 0.15) is 5.56 Å². The van der Waals surface area contributed by atoms with Gasteiger partial charge in [-0.15, -0.1) is 0 Å².